The van der Waals surface area contributed by atoms with Gasteiger partial charge >= 0.3 is 10.2 Å². The normalized spacial score (nSPS) is 11.5. The molecule has 0 aromatic heterocycles. The van der Waals surface area contributed by atoms with Crippen LogP contribution in [0, 0.1) is 13.8 Å². The van der Waals surface area contributed by atoms with Crippen molar-refractivity contribution in [1.29, 1.82) is 0 Å². The lowest BCUT2D eigenvalue weighted by Gasteiger charge is -2.28. The van der Waals surface area contributed by atoms with E-state index >= 15 is 0 Å². The maximum Gasteiger partial charge on any atom is 0.304 e. The van der Waals surface area contributed by atoms with Crippen molar-refractivity contribution in [3.05, 3.63) is 58.6 Å². The standard InChI is InChI=1S/C18H22ClN3O3S/c1-13-5-6-14(2)17(11-13)22(26(24,25)21(3)4)12-18(23)20-16-9-7-15(19)8-10-16/h5-11H,12H2,1-4H3,(H,20,23). The topological polar surface area (TPSA) is 69.7 Å². The number of nitrogens with one attached hydrogen (secondary N) is 1. The summed E-state index contributed by atoms with van der Waals surface area (Å²) >= 11 is 5.83. The quantitative estimate of drug-likeness (QED) is 0.816. The summed E-state index contributed by atoms with van der Waals surface area (Å²) in [6, 6.07) is 12.1. The Balaban J connectivity index is 2.34. The number of carbonyl (C=O) groups is 1. The van der Waals surface area contributed by atoms with E-state index in [-0.39, 0.29) is 6.54 Å². The van der Waals surface area contributed by atoms with E-state index in [1.807, 2.05) is 26.0 Å². The van der Waals surface area contributed by atoms with Gasteiger partial charge in [-0.05, 0) is 55.3 Å². The van der Waals surface area contributed by atoms with Crippen LogP contribution < -0.4 is 9.62 Å². The van der Waals surface area contributed by atoms with Crippen LogP contribution in [0.25, 0.3) is 0 Å². The van der Waals surface area contributed by atoms with Crippen LogP contribution >= 0.6 is 11.6 Å². The maximum atomic E-state index is 12.8. The van der Waals surface area contributed by atoms with Crippen LogP contribution in [-0.2, 0) is 15.0 Å². The Morgan fingerprint density at radius 3 is 2.27 bits per heavy atom. The van der Waals surface area contributed by atoms with E-state index in [9.17, 15) is 13.2 Å². The number of hydrogen-bond acceptors (Lipinski definition) is 3. The summed E-state index contributed by atoms with van der Waals surface area (Å²) in [7, 11) is -0.970. The van der Waals surface area contributed by atoms with Crippen LogP contribution in [0.3, 0.4) is 0 Å². The second-order valence-electron chi connectivity index (χ2n) is 6.14. The minimum Gasteiger partial charge on any atom is -0.325 e. The van der Waals surface area contributed by atoms with Gasteiger partial charge in [0.15, 0.2) is 0 Å². The molecule has 0 unspecified atom stereocenters. The third kappa shape index (κ3) is 4.75. The number of hydrogen-bond donors (Lipinski definition) is 1. The van der Waals surface area contributed by atoms with E-state index in [0.717, 1.165) is 19.7 Å². The van der Waals surface area contributed by atoms with Crippen LogP contribution in [0.4, 0.5) is 11.4 Å². The zero-order chi connectivity index (χ0) is 19.5. The first-order valence-electron chi connectivity index (χ1n) is 7.94. The zero-order valence-corrected chi connectivity index (χ0v) is 16.7. The fraction of sp³-hybridized carbons (Fsp3) is 0.278. The average Bonchev–Trinajstić information content (AvgIpc) is 2.57. The van der Waals surface area contributed by atoms with Crippen molar-refractivity contribution < 1.29 is 13.2 Å². The van der Waals surface area contributed by atoms with E-state index in [4.69, 9.17) is 11.6 Å². The third-order valence-electron chi connectivity index (χ3n) is 3.79. The maximum absolute atomic E-state index is 12.8. The summed E-state index contributed by atoms with van der Waals surface area (Å²) < 4.78 is 27.8. The van der Waals surface area contributed by atoms with Gasteiger partial charge in [0.05, 0.1) is 5.69 Å². The Bertz CT molecular complexity index is 896. The molecule has 1 amide bonds. The van der Waals surface area contributed by atoms with Crippen LogP contribution in [0.1, 0.15) is 11.1 Å². The van der Waals surface area contributed by atoms with Gasteiger partial charge < -0.3 is 5.32 Å². The van der Waals surface area contributed by atoms with Gasteiger partial charge in [0.2, 0.25) is 5.91 Å². The molecule has 0 radical (unpaired) electrons. The number of rotatable bonds is 6. The molecule has 26 heavy (non-hydrogen) atoms. The molecule has 0 aliphatic heterocycles. The number of aryl methyl sites for hydroxylation is 2. The molecule has 2 rings (SSSR count). The summed E-state index contributed by atoms with van der Waals surface area (Å²) in [6.07, 6.45) is 0. The Morgan fingerprint density at radius 1 is 1.08 bits per heavy atom. The van der Waals surface area contributed by atoms with E-state index in [1.54, 1.807) is 30.3 Å². The number of amides is 1. The minimum atomic E-state index is -3.84. The van der Waals surface area contributed by atoms with Crippen molar-refractivity contribution in [2.45, 2.75) is 13.8 Å². The summed E-state index contributed by atoms with van der Waals surface area (Å²) in [5, 5.41) is 3.24. The molecule has 0 fully saturated rings. The molecular weight excluding hydrogens is 374 g/mol. The molecule has 0 aliphatic rings. The number of carbonyl (C=O) groups excluding carboxylic acids is 1. The number of benzene rings is 2. The molecule has 0 saturated carbocycles. The van der Waals surface area contributed by atoms with Gasteiger partial charge in [-0.2, -0.15) is 12.7 Å². The first kappa shape index (κ1) is 20.2. The van der Waals surface area contributed by atoms with Crippen molar-refractivity contribution >= 4 is 39.1 Å². The van der Waals surface area contributed by atoms with Crippen molar-refractivity contribution in [3.8, 4) is 0 Å². The van der Waals surface area contributed by atoms with Crippen molar-refractivity contribution in [2.24, 2.45) is 0 Å². The summed E-state index contributed by atoms with van der Waals surface area (Å²) in [6.45, 7) is 3.34. The molecule has 1 N–H and O–H groups in total. The minimum absolute atomic E-state index is 0.340. The highest BCUT2D eigenvalue weighted by Crippen LogP contribution is 2.25. The highest BCUT2D eigenvalue weighted by molar-refractivity contribution is 7.90. The summed E-state index contributed by atoms with van der Waals surface area (Å²) in [4.78, 5) is 12.5. The number of nitrogens with zero attached hydrogens (tertiary/aromatic N) is 2. The first-order valence-corrected chi connectivity index (χ1v) is 9.71. The van der Waals surface area contributed by atoms with Gasteiger partial charge in [0.1, 0.15) is 6.54 Å². The fourth-order valence-electron chi connectivity index (χ4n) is 2.34. The molecule has 2 aromatic carbocycles. The molecule has 8 heteroatoms. The first-order chi connectivity index (χ1) is 12.1. The molecule has 6 nitrogen and oxygen atoms in total. The lowest BCUT2D eigenvalue weighted by atomic mass is 10.1. The Morgan fingerprint density at radius 2 is 1.69 bits per heavy atom. The van der Waals surface area contributed by atoms with E-state index < -0.39 is 16.1 Å². The highest BCUT2D eigenvalue weighted by atomic mass is 35.5. The van der Waals surface area contributed by atoms with Gasteiger partial charge in [0, 0.05) is 24.8 Å². The van der Waals surface area contributed by atoms with Crippen LogP contribution in [0.15, 0.2) is 42.5 Å². The van der Waals surface area contributed by atoms with Crippen LogP contribution in [0.2, 0.25) is 5.02 Å². The monoisotopic (exact) mass is 395 g/mol. The predicted octanol–water partition coefficient (Wildman–Crippen LogP) is 3.21. The van der Waals surface area contributed by atoms with E-state index in [1.165, 1.54) is 14.1 Å². The molecule has 0 saturated heterocycles. The van der Waals surface area contributed by atoms with Gasteiger partial charge in [-0.25, -0.2) is 4.31 Å². The Kier molecular flexibility index (Phi) is 6.28. The van der Waals surface area contributed by atoms with Crippen LogP contribution in [-0.4, -0.2) is 39.3 Å². The lowest BCUT2D eigenvalue weighted by molar-refractivity contribution is -0.114. The largest absolute Gasteiger partial charge is 0.325 e. The number of halogens is 1. The molecule has 0 spiro atoms. The van der Waals surface area contributed by atoms with Gasteiger partial charge in [-0.1, -0.05) is 23.7 Å². The smallest absolute Gasteiger partial charge is 0.304 e. The summed E-state index contributed by atoms with van der Waals surface area (Å²) in [5.41, 5.74) is 2.69. The zero-order valence-electron chi connectivity index (χ0n) is 15.2. The fourth-order valence-corrected chi connectivity index (χ4v) is 3.59. The molecule has 2 aromatic rings. The molecular formula is C18H22ClN3O3S. The molecule has 0 heterocycles. The average molecular weight is 396 g/mol. The van der Waals surface area contributed by atoms with Gasteiger partial charge in [-0.3, -0.25) is 4.79 Å². The second kappa shape index (κ2) is 8.07. The van der Waals surface area contributed by atoms with Gasteiger partial charge in [0.25, 0.3) is 0 Å². The molecule has 0 atom stereocenters. The lowest BCUT2D eigenvalue weighted by Crippen LogP contribution is -2.44. The van der Waals surface area contributed by atoms with Crippen molar-refractivity contribution in [3.63, 3.8) is 0 Å². The van der Waals surface area contributed by atoms with E-state index in [2.05, 4.69) is 5.32 Å². The SMILES string of the molecule is Cc1ccc(C)c(N(CC(=O)Nc2ccc(Cl)cc2)S(=O)(=O)N(C)C)c1. The van der Waals surface area contributed by atoms with E-state index in [0.29, 0.717) is 16.4 Å². The van der Waals surface area contributed by atoms with Crippen molar-refractivity contribution in [2.75, 3.05) is 30.3 Å². The molecule has 140 valence electrons. The highest BCUT2D eigenvalue weighted by Gasteiger charge is 2.28. The van der Waals surface area contributed by atoms with Crippen LogP contribution in [0.5, 0.6) is 0 Å². The Labute approximate surface area is 159 Å². The molecule has 0 aliphatic carbocycles. The predicted molar refractivity (Wildman–Crippen MR) is 106 cm³/mol. The van der Waals surface area contributed by atoms with Crippen molar-refractivity contribution in [1.82, 2.24) is 4.31 Å². The summed E-state index contributed by atoms with van der Waals surface area (Å²) in [5.74, 6) is -0.446. The van der Waals surface area contributed by atoms with Gasteiger partial charge in [-0.15, -0.1) is 0 Å². The number of anilines is 2. The Hall–Kier alpha value is -2.09. The third-order valence-corrected chi connectivity index (χ3v) is 5.85. The molecule has 0 bridgehead atoms. The second-order valence-corrected chi connectivity index (χ2v) is 8.64.